The third kappa shape index (κ3) is 4.38. The number of hydrogen-bond donors (Lipinski definition) is 1. The van der Waals surface area contributed by atoms with Gasteiger partial charge in [-0.25, -0.2) is 17.7 Å². The molecule has 186 valence electrons. The lowest BCUT2D eigenvalue weighted by molar-refractivity contribution is -0.137. The Labute approximate surface area is 205 Å². The second-order valence-electron chi connectivity index (χ2n) is 8.85. The largest absolute Gasteiger partial charge is 0.416 e. The van der Waals surface area contributed by atoms with Crippen molar-refractivity contribution in [2.45, 2.75) is 25.1 Å². The fourth-order valence-electron chi connectivity index (χ4n) is 4.66. The molecule has 36 heavy (non-hydrogen) atoms. The molecule has 0 unspecified atom stereocenters. The predicted octanol–water partition coefficient (Wildman–Crippen LogP) is 4.88. The van der Waals surface area contributed by atoms with Crippen molar-refractivity contribution in [2.24, 2.45) is 0 Å². The molecule has 2 aromatic heterocycles. The Morgan fingerprint density at radius 2 is 1.75 bits per heavy atom. The summed E-state index contributed by atoms with van der Waals surface area (Å²) in [5, 5.41) is 13.5. The van der Waals surface area contributed by atoms with Crippen LogP contribution in [0, 0.1) is 11.3 Å². The topological polar surface area (TPSA) is 90.5 Å². The zero-order valence-electron chi connectivity index (χ0n) is 19.2. The summed E-state index contributed by atoms with van der Waals surface area (Å²) in [7, 11) is -3.27. The van der Waals surface area contributed by atoms with Crippen molar-refractivity contribution in [2.75, 3.05) is 24.7 Å². The molecule has 0 aliphatic carbocycles. The summed E-state index contributed by atoms with van der Waals surface area (Å²) >= 11 is 0. The highest BCUT2D eigenvalue weighted by Gasteiger charge is 2.30. The number of aromatic nitrogens is 2. The van der Waals surface area contributed by atoms with Gasteiger partial charge in [-0.2, -0.15) is 18.4 Å². The first-order valence-electron chi connectivity index (χ1n) is 11.3. The van der Waals surface area contributed by atoms with Crippen molar-refractivity contribution >= 4 is 32.5 Å². The summed E-state index contributed by atoms with van der Waals surface area (Å²) in [4.78, 5) is 4.66. The summed E-state index contributed by atoms with van der Waals surface area (Å²) < 4.78 is 66.4. The molecule has 1 N–H and O–H groups in total. The van der Waals surface area contributed by atoms with Gasteiger partial charge in [0.15, 0.2) is 5.65 Å². The highest BCUT2D eigenvalue weighted by Crippen LogP contribution is 2.36. The molecule has 0 amide bonds. The third-order valence-electron chi connectivity index (χ3n) is 6.49. The fraction of sp³-hybridized carbons (Fsp3) is 0.280. The van der Waals surface area contributed by atoms with E-state index in [0.29, 0.717) is 54.0 Å². The molecule has 1 saturated heterocycles. The van der Waals surface area contributed by atoms with E-state index in [1.807, 2.05) is 28.7 Å². The van der Waals surface area contributed by atoms with E-state index in [1.165, 1.54) is 22.7 Å². The van der Waals surface area contributed by atoms with Crippen LogP contribution in [0.5, 0.6) is 0 Å². The van der Waals surface area contributed by atoms with Crippen LogP contribution in [0.25, 0.3) is 27.8 Å². The number of piperidine rings is 1. The summed E-state index contributed by atoms with van der Waals surface area (Å²) in [6.07, 6.45) is -2.11. The standard InChI is InChI=1S/C25H22F3N5O2S/c1-36(34,35)32-12-10-18(11-13-32)30-23-14-19(16-6-8-17(9-7-16)25(26,27)28)20(15-29)24-31-21-4-2-3-5-22(21)33(23)24/h2-9,14,18,30H,10-13H2,1H3. The molecular formula is C25H22F3N5O2S. The number of hydrogen-bond acceptors (Lipinski definition) is 5. The average Bonchev–Trinajstić information content (AvgIpc) is 3.23. The quantitative estimate of drug-likeness (QED) is 0.420. The van der Waals surface area contributed by atoms with E-state index in [9.17, 15) is 26.9 Å². The van der Waals surface area contributed by atoms with Gasteiger partial charge in [-0.15, -0.1) is 0 Å². The van der Waals surface area contributed by atoms with Gasteiger partial charge >= 0.3 is 6.18 Å². The number of para-hydroxylation sites is 2. The number of halogens is 3. The van der Waals surface area contributed by atoms with E-state index in [0.717, 1.165) is 17.6 Å². The highest BCUT2D eigenvalue weighted by atomic mass is 32.2. The van der Waals surface area contributed by atoms with Crippen molar-refractivity contribution < 1.29 is 21.6 Å². The number of sulfonamides is 1. The number of pyridine rings is 1. The Bertz CT molecular complexity index is 1600. The number of alkyl halides is 3. The van der Waals surface area contributed by atoms with Gasteiger partial charge < -0.3 is 5.32 Å². The average molecular weight is 514 g/mol. The van der Waals surface area contributed by atoms with Crippen molar-refractivity contribution in [3.8, 4) is 17.2 Å². The highest BCUT2D eigenvalue weighted by molar-refractivity contribution is 7.88. The number of nitrogens with zero attached hydrogens (tertiary/aromatic N) is 4. The van der Waals surface area contributed by atoms with Crippen LogP contribution in [0.3, 0.4) is 0 Å². The number of benzene rings is 2. The number of imidazole rings is 1. The van der Waals surface area contributed by atoms with E-state index in [2.05, 4.69) is 16.4 Å². The second kappa shape index (κ2) is 8.80. The van der Waals surface area contributed by atoms with Crippen LogP contribution in [0.4, 0.5) is 19.0 Å². The van der Waals surface area contributed by atoms with Crippen molar-refractivity contribution in [1.29, 1.82) is 5.26 Å². The number of nitrogens with one attached hydrogen (secondary N) is 1. The molecule has 0 atom stereocenters. The minimum Gasteiger partial charge on any atom is -0.368 e. The molecule has 0 saturated carbocycles. The van der Waals surface area contributed by atoms with E-state index >= 15 is 0 Å². The molecule has 1 aliphatic rings. The number of rotatable bonds is 4. The minimum atomic E-state index is -4.46. The van der Waals surface area contributed by atoms with Gasteiger partial charge in [0.1, 0.15) is 17.5 Å². The van der Waals surface area contributed by atoms with Crippen LogP contribution < -0.4 is 5.32 Å². The Kier molecular flexibility index (Phi) is 5.89. The summed E-state index contributed by atoms with van der Waals surface area (Å²) in [6, 6.07) is 16.0. The van der Waals surface area contributed by atoms with E-state index in [1.54, 1.807) is 6.07 Å². The Balaban J connectivity index is 1.62. The first-order valence-corrected chi connectivity index (χ1v) is 13.1. The minimum absolute atomic E-state index is 0.0410. The van der Waals surface area contributed by atoms with Crippen LogP contribution >= 0.6 is 0 Å². The summed E-state index contributed by atoms with van der Waals surface area (Å²) in [5.74, 6) is 0.630. The SMILES string of the molecule is CS(=O)(=O)N1CCC(Nc2cc(-c3ccc(C(F)(F)F)cc3)c(C#N)c3nc4ccccc4n23)CC1. The Morgan fingerprint density at radius 1 is 1.08 bits per heavy atom. The molecule has 0 bridgehead atoms. The maximum absolute atomic E-state index is 13.1. The monoisotopic (exact) mass is 513 g/mol. The maximum atomic E-state index is 13.1. The molecule has 3 heterocycles. The number of anilines is 1. The van der Waals surface area contributed by atoms with E-state index < -0.39 is 21.8 Å². The van der Waals surface area contributed by atoms with Gasteiger partial charge in [-0.1, -0.05) is 24.3 Å². The zero-order chi connectivity index (χ0) is 25.7. The molecule has 4 aromatic rings. The molecule has 11 heteroatoms. The van der Waals surface area contributed by atoms with E-state index in [4.69, 9.17) is 0 Å². The van der Waals surface area contributed by atoms with Gasteiger partial charge in [0.25, 0.3) is 0 Å². The van der Waals surface area contributed by atoms with Gasteiger partial charge in [0.05, 0.1) is 22.9 Å². The Hall–Kier alpha value is -3.62. The summed E-state index contributed by atoms with van der Waals surface area (Å²) in [5.41, 5.74) is 2.26. The molecule has 1 fully saturated rings. The number of nitriles is 1. The van der Waals surface area contributed by atoms with Crippen LogP contribution in [0.2, 0.25) is 0 Å². The Morgan fingerprint density at radius 3 is 2.36 bits per heavy atom. The zero-order valence-corrected chi connectivity index (χ0v) is 20.1. The van der Waals surface area contributed by atoms with Crippen LogP contribution in [-0.2, 0) is 16.2 Å². The van der Waals surface area contributed by atoms with Crippen molar-refractivity contribution in [1.82, 2.24) is 13.7 Å². The van der Waals surface area contributed by atoms with E-state index in [-0.39, 0.29) is 11.6 Å². The van der Waals surface area contributed by atoms with Crippen LogP contribution in [0.1, 0.15) is 24.0 Å². The first kappa shape index (κ1) is 24.1. The smallest absolute Gasteiger partial charge is 0.368 e. The van der Waals surface area contributed by atoms with Crippen molar-refractivity contribution in [3.63, 3.8) is 0 Å². The molecule has 1 aliphatic heterocycles. The van der Waals surface area contributed by atoms with Gasteiger partial charge in [0.2, 0.25) is 10.0 Å². The second-order valence-corrected chi connectivity index (χ2v) is 10.8. The summed E-state index contributed by atoms with van der Waals surface area (Å²) in [6.45, 7) is 0.763. The lowest BCUT2D eigenvalue weighted by Crippen LogP contribution is -2.42. The predicted molar refractivity (Wildman–Crippen MR) is 131 cm³/mol. The van der Waals surface area contributed by atoms with Gasteiger partial charge in [0, 0.05) is 24.7 Å². The lowest BCUT2D eigenvalue weighted by atomic mass is 9.99. The normalized spacial score (nSPS) is 15.9. The molecule has 7 nitrogen and oxygen atoms in total. The molecule has 2 aromatic carbocycles. The van der Waals surface area contributed by atoms with Crippen LogP contribution in [0.15, 0.2) is 54.6 Å². The molecular weight excluding hydrogens is 491 g/mol. The maximum Gasteiger partial charge on any atom is 0.416 e. The lowest BCUT2D eigenvalue weighted by Gasteiger charge is -2.31. The molecule has 0 spiro atoms. The molecule has 5 rings (SSSR count). The van der Waals surface area contributed by atoms with Gasteiger partial charge in [-0.3, -0.25) is 4.40 Å². The van der Waals surface area contributed by atoms with Crippen LogP contribution in [-0.4, -0.2) is 47.5 Å². The third-order valence-corrected chi connectivity index (χ3v) is 7.79. The first-order chi connectivity index (χ1) is 17.1. The van der Waals surface area contributed by atoms with Gasteiger partial charge in [-0.05, 0) is 48.7 Å². The molecule has 0 radical (unpaired) electrons. The fourth-order valence-corrected chi connectivity index (χ4v) is 5.53. The number of fused-ring (bicyclic) bond motifs is 3. The van der Waals surface area contributed by atoms with Crippen molar-refractivity contribution in [3.05, 3.63) is 65.7 Å².